The Balaban J connectivity index is 0.00000289. The predicted molar refractivity (Wildman–Crippen MR) is 135 cm³/mol. The van der Waals surface area contributed by atoms with Crippen molar-refractivity contribution in [3.05, 3.63) is 60.2 Å². The third kappa shape index (κ3) is 4.37. The molecule has 2 aromatic carbocycles. The number of fused-ring (bicyclic) bond motifs is 2. The number of nitrogens with zero attached hydrogens (tertiary/aromatic N) is 3. The Labute approximate surface area is 203 Å². The van der Waals surface area contributed by atoms with E-state index in [1.165, 1.54) is 5.56 Å². The van der Waals surface area contributed by atoms with Crippen LogP contribution in [0.25, 0.3) is 0 Å². The molecule has 3 amide bonds. The van der Waals surface area contributed by atoms with Crippen LogP contribution in [0.2, 0.25) is 0 Å². The standard InChI is InChI=1S/C27H34N4O3.H2/c1-2-34-26(33)30-16-12-22(13-17-30)29-18-14-27(15-19-29)20-31(24-11-7-6-10-23(24)27)25(32)28-21-8-4-3-5-9-21;/h3-11,22H,2,12-20H2,1H3,(H,28,32);1H. The average molecular weight is 465 g/mol. The predicted octanol–water partition coefficient (Wildman–Crippen LogP) is 4.94. The van der Waals surface area contributed by atoms with E-state index in [0.717, 1.165) is 69.8 Å². The van der Waals surface area contributed by atoms with Crippen molar-refractivity contribution in [3.8, 4) is 0 Å². The summed E-state index contributed by atoms with van der Waals surface area (Å²) >= 11 is 0. The van der Waals surface area contributed by atoms with Gasteiger partial charge in [-0.05, 0) is 69.5 Å². The molecule has 0 aliphatic carbocycles. The topological polar surface area (TPSA) is 65.1 Å². The molecule has 2 fully saturated rings. The van der Waals surface area contributed by atoms with E-state index in [1.54, 1.807) is 0 Å². The van der Waals surface area contributed by atoms with Gasteiger partial charge in [-0.2, -0.15) is 0 Å². The van der Waals surface area contributed by atoms with Crippen molar-refractivity contribution in [2.45, 2.75) is 44.1 Å². The first-order chi connectivity index (χ1) is 16.6. The fourth-order valence-corrected chi connectivity index (χ4v) is 5.90. The zero-order valence-corrected chi connectivity index (χ0v) is 19.9. The van der Waals surface area contributed by atoms with Gasteiger partial charge in [0.25, 0.3) is 0 Å². The lowest BCUT2D eigenvalue weighted by Gasteiger charge is -2.45. The van der Waals surface area contributed by atoms with Crippen LogP contribution in [-0.4, -0.2) is 67.3 Å². The van der Waals surface area contributed by atoms with Crippen LogP contribution in [0.5, 0.6) is 0 Å². The van der Waals surface area contributed by atoms with Crippen molar-refractivity contribution in [3.63, 3.8) is 0 Å². The number of nitrogens with one attached hydrogen (secondary N) is 1. The van der Waals surface area contributed by atoms with Gasteiger partial charge < -0.3 is 19.9 Å². The minimum absolute atomic E-state index is 0. The summed E-state index contributed by atoms with van der Waals surface area (Å²) in [6.07, 6.45) is 3.88. The van der Waals surface area contributed by atoms with Gasteiger partial charge in [-0.3, -0.25) is 4.90 Å². The summed E-state index contributed by atoms with van der Waals surface area (Å²) < 4.78 is 5.16. The normalized spacial score (nSPS) is 20.3. The number of anilines is 2. The minimum Gasteiger partial charge on any atom is -0.450 e. The molecule has 1 N–H and O–H groups in total. The average Bonchev–Trinajstić information content (AvgIpc) is 3.20. The molecule has 2 saturated heterocycles. The van der Waals surface area contributed by atoms with Gasteiger partial charge in [-0.1, -0.05) is 36.4 Å². The molecular weight excluding hydrogens is 428 g/mol. The maximum atomic E-state index is 13.2. The van der Waals surface area contributed by atoms with E-state index in [2.05, 4.69) is 28.4 Å². The number of carbonyl (C=O) groups is 2. The van der Waals surface area contributed by atoms with Crippen LogP contribution in [0.1, 0.15) is 39.6 Å². The third-order valence-corrected chi connectivity index (χ3v) is 7.76. The monoisotopic (exact) mass is 464 g/mol. The van der Waals surface area contributed by atoms with E-state index in [9.17, 15) is 9.59 Å². The Hall–Kier alpha value is -3.06. The summed E-state index contributed by atoms with van der Waals surface area (Å²) in [7, 11) is 0. The van der Waals surface area contributed by atoms with Crippen LogP contribution in [0.4, 0.5) is 21.0 Å². The molecule has 0 unspecified atom stereocenters. The molecule has 5 rings (SSSR count). The molecule has 0 saturated carbocycles. The molecular formula is C27H36N4O3. The highest BCUT2D eigenvalue weighted by Crippen LogP contribution is 2.47. The van der Waals surface area contributed by atoms with Gasteiger partial charge in [-0.25, -0.2) is 9.59 Å². The van der Waals surface area contributed by atoms with Crippen LogP contribution >= 0.6 is 0 Å². The Morgan fingerprint density at radius 2 is 1.68 bits per heavy atom. The zero-order valence-electron chi connectivity index (χ0n) is 19.9. The van der Waals surface area contributed by atoms with Crippen molar-refractivity contribution < 1.29 is 15.8 Å². The molecule has 0 atom stereocenters. The first-order valence-electron chi connectivity index (χ1n) is 12.5. The highest BCUT2D eigenvalue weighted by atomic mass is 16.6. The molecule has 34 heavy (non-hydrogen) atoms. The molecule has 3 heterocycles. The van der Waals surface area contributed by atoms with Gasteiger partial charge in [0, 0.05) is 43.9 Å². The van der Waals surface area contributed by atoms with Gasteiger partial charge in [0.15, 0.2) is 0 Å². The minimum atomic E-state index is -0.185. The van der Waals surface area contributed by atoms with Crippen LogP contribution in [0, 0.1) is 0 Å². The Morgan fingerprint density at radius 3 is 2.38 bits per heavy atom. The summed E-state index contributed by atoms with van der Waals surface area (Å²) in [5.74, 6) is 0. The largest absolute Gasteiger partial charge is 0.450 e. The molecule has 7 heteroatoms. The number of urea groups is 1. The number of benzene rings is 2. The van der Waals surface area contributed by atoms with Gasteiger partial charge in [0.1, 0.15) is 0 Å². The fourth-order valence-electron chi connectivity index (χ4n) is 5.90. The molecule has 3 aliphatic rings. The van der Waals surface area contributed by atoms with E-state index < -0.39 is 0 Å². The van der Waals surface area contributed by atoms with Crippen LogP contribution in [0.3, 0.4) is 0 Å². The number of piperidine rings is 2. The number of para-hydroxylation sites is 2. The van der Waals surface area contributed by atoms with Gasteiger partial charge >= 0.3 is 12.1 Å². The molecule has 2 aromatic rings. The highest BCUT2D eigenvalue weighted by molar-refractivity contribution is 6.03. The summed E-state index contributed by atoms with van der Waals surface area (Å²) in [4.78, 5) is 31.6. The smallest absolute Gasteiger partial charge is 0.409 e. The summed E-state index contributed by atoms with van der Waals surface area (Å²) in [6.45, 7) is 6.57. The summed E-state index contributed by atoms with van der Waals surface area (Å²) in [5, 5.41) is 3.06. The first kappa shape index (κ1) is 22.7. The zero-order chi connectivity index (χ0) is 23.5. The molecule has 182 valence electrons. The Kier molecular flexibility index (Phi) is 6.46. The second kappa shape index (κ2) is 9.66. The van der Waals surface area contributed by atoms with Crippen LogP contribution < -0.4 is 10.2 Å². The van der Waals surface area contributed by atoms with Crippen molar-refractivity contribution in [2.24, 2.45) is 0 Å². The maximum Gasteiger partial charge on any atom is 0.409 e. The lowest BCUT2D eigenvalue weighted by atomic mass is 9.74. The summed E-state index contributed by atoms with van der Waals surface area (Å²) in [6, 6.07) is 18.5. The molecule has 0 radical (unpaired) electrons. The van der Waals surface area contributed by atoms with E-state index in [4.69, 9.17) is 4.74 Å². The van der Waals surface area contributed by atoms with Crippen molar-refractivity contribution in [1.82, 2.24) is 9.80 Å². The molecule has 0 bridgehead atoms. The first-order valence-corrected chi connectivity index (χ1v) is 12.5. The number of hydrogen-bond acceptors (Lipinski definition) is 4. The van der Waals surface area contributed by atoms with Gasteiger partial charge in [0.2, 0.25) is 0 Å². The molecule has 3 aliphatic heterocycles. The highest BCUT2D eigenvalue weighted by Gasteiger charge is 2.47. The van der Waals surface area contributed by atoms with Gasteiger partial charge in [0.05, 0.1) is 6.61 Å². The SMILES string of the molecule is CCOC(=O)N1CCC(N2CCC3(CC2)CN(C(=O)Nc2ccccc2)c2ccccc23)CC1.[HH]. The van der Waals surface area contributed by atoms with Crippen LogP contribution in [-0.2, 0) is 10.2 Å². The number of ether oxygens (including phenoxy) is 1. The Bertz CT molecular complexity index is 1020. The molecule has 0 aromatic heterocycles. The quantitative estimate of drug-likeness (QED) is 0.699. The van der Waals surface area contributed by atoms with E-state index in [1.807, 2.05) is 53.1 Å². The number of carbonyl (C=O) groups excluding carboxylic acids is 2. The van der Waals surface area contributed by atoms with Gasteiger partial charge in [-0.15, -0.1) is 0 Å². The number of likely N-dealkylation sites (tertiary alicyclic amines) is 2. The summed E-state index contributed by atoms with van der Waals surface area (Å²) in [5.41, 5.74) is 3.16. The number of hydrogen-bond donors (Lipinski definition) is 1. The van der Waals surface area contributed by atoms with E-state index in [0.29, 0.717) is 12.6 Å². The lowest BCUT2D eigenvalue weighted by molar-refractivity contribution is 0.0581. The fraction of sp³-hybridized carbons (Fsp3) is 0.481. The van der Waals surface area contributed by atoms with Crippen molar-refractivity contribution >= 4 is 23.5 Å². The Morgan fingerprint density at radius 1 is 1.00 bits per heavy atom. The van der Waals surface area contributed by atoms with Crippen molar-refractivity contribution in [2.75, 3.05) is 49.5 Å². The molecule has 1 spiro atoms. The molecule has 7 nitrogen and oxygen atoms in total. The van der Waals surface area contributed by atoms with E-state index in [-0.39, 0.29) is 19.0 Å². The van der Waals surface area contributed by atoms with Crippen LogP contribution in [0.15, 0.2) is 54.6 Å². The lowest BCUT2D eigenvalue weighted by Crippen LogP contribution is -2.52. The van der Waals surface area contributed by atoms with E-state index >= 15 is 0 Å². The number of amides is 3. The number of rotatable bonds is 3. The maximum absolute atomic E-state index is 13.2. The van der Waals surface area contributed by atoms with Crippen molar-refractivity contribution in [1.29, 1.82) is 0 Å². The second-order valence-electron chi connectivity index (χ2n) is 9.63. The second-order valence-corrected chi connectivity index (χ2v) is 9.63. The third-order valence-electron chi connectivity index (χ3n) is 7.76.